The zero-order chi connectivity index (χ0) is 36.0. The fourth-order valence-corrected chi connectivity index (χ4v) is 12.8. The molecule has 8 unspecified atom stereocenters. The van der Waals surface area contributed by atoms with Crippen LogP contribution in [0.2, 0.25) is 0 Å². The molecule has 15 atom stereocenters. The molecule has 51 heavy (non-hydrogen) atoms. The zero-order valence-corrected chi connectivity index (χ0v) is 32.1. The third-order valence-corrected chi connectivity index (χ3v) is 14.9. The van der Waals surface area contributed by atoms with Gasteiger partial charge in [0.15, 0.2) is 6.10 Å². The second-order valence-corrected chi connectivity index (χ2v) is 17.4. The normalized spacial score (nSPS) is 46.7. The number of rotatable bonds is 7. The smallest absolute Gasteiger partial charge is 0.343 e. The van der Waals surface area contributed by atoms with E-state index in [1.165, 1.54) is 45.3 Å². The molecule has 4 aliphatic heterocycles. The molecule has 10 nitrogen and oxygen atoms in total. The van der Waals surface area contributed by atoms with Crippen molar-refractivity contribution in [3.8, 4) is 0 Å². The van der Waals surface area contributed by atoms with Crippen molar-refractivity contribution in [3.05, 3.63) is 23.8 Å². The molecule has 4 heterocycles. The Labute approximate surface area is 306 Å². The average molecular weight is 711 g/mol. The van der Waals surface area contributed by atoms with Crippen molar-refractivity contribution < 1.29 is 28.9 Å². The molecule has 0 bridgehead atoms. The highest BCUT2D eigenvalue weighted by molar-refractivity contribution is 5.82. The Balaban J connectivity index is 1.18. The van der Waals surface area contributed by atoms with Crippen molar-refractivity contribution in [1.82, 2.24) is 20.4 Å². The highest BCUT2D eigenvalue weighted by Gasteiger charge is 2.68. The van der Waals surface area contributed by atoms with Crippen LogP contribution in [-0.2, 0) is 23.8 Å². The van der Waals surface area contributed by atoms with Gasteiger partial charge in [-0.2, -0.15) is 0 Å². The van der Waals surface area contributed by atoms with E-state index < -0.39 is 29.7 Å². The molecular formula is C41H66N4O6. The molecule has 3 saturated carbocycles. The number of likely N-dealkylation sites (N-methyl/N-ethyl adjacent to an activating group) is 1. The van der Waals surface area contributed by atoms with E-state index in [1.807, 2.05) is 7.11 Å². The third kappa shape index (κ3) is 6.77. The summed E-state index contributed by atoms with van der Waals surface area (Å²) in [6.45, 7) is 9.85. The van der Waals surface area contributed by atoms with Crippen LogP contribution in [0.3, 0.4) is 0 Å². The highest BCUT2D eigenvalue weighted by Crippen LogP contribution is 2.52. The number of hydrogen-bond donors (Lipinski definition) is 3. The lowest BCUT2D eigenvalue weighted by Crippen LogP contribution is -2.75. The predicted molar refractivity (Wildman–Crippen MR) is 197 cm³/mol. The van der Waals surface area contributed by atoms with Gasteiger partial charge in [-0.25, -0.2) is 4.79 Å². The summed E-state index contributed by atoms with van der Waals surface area (Å²) in [6, 6.07) is 0.699. The maximum atomic E-state index is 13.8. The van der Waals surface area contributed by atoms with E-state index in [0.717, 1.165) is 70.6 Å². The first kappa shape index (κ1) is 37.5. The SMILES string of the molecule is CC/C1=C/[C@H](C)C[C@H](C2CCC(N(C)[C@@H]3[C@H]4CCN5CC=CC([C@@H](OC(C)=O)[C@]3(O)C(=O)OC)[C@@H]45)CC2OC)C2NC3CCCCC3C2CNC1. The summed E-state index contributed by atoms with van der Waals surface area (Å²) in [7, 11) is 5.29. The van der Waals surface area contributed by atoms with E-state index in [1.54, 1.807) is 0 Å². The number of carbonyl (C=O) groups excluding carboxylic acids is 2. The van der Waals surface area contributed by atoms with Gasteiger partial charge in [0, 0.05) is 63.8 Å². The fraction of sp³-hybridized carbons (Fsp3) is 0.854. The Bertz CT molecular complexity index is 1320. The minimum atomic E-state index is -2.00. The molecule has 5 fully saturated rings. The fourth-order valence-electron chi connectivity index (χ4n) is 12.8. The number of ether oxygens (including phenoxy) is 3. The molecule has 2 saturated heterocycles. The largest absolute Gasteiger partial charge is 0.467 e. The van der Waals surface area contributed by atoms with Crippen LogP contribution < -0.4 is 10.6 Å². The standard InChI is InChI=1S/C41H66N4O6/c1-7-26-19-24(2)20-32(36-33(23-42-22-26)28-11-8-9-13-34(28)43-36)29-15-14-27(21-35(29)49-5)44(4)38-30-16-18-45-17-10-12-31(37(30)45)39(51-25(3)46)41(38,48)40(47)50-6/h10,12,19,24,27-39,42-43,48H,7-9,11,13-18,20-23H2,1-6H3/b26-19-/t24-,27?,28?,29?,30-,31?,32+,33?,34?,35?,36?,37+,38+,39+,41-/m0/s1. The van der Waals surface area contributed by atoms with Crippen molar-refractivity contribution >= 4 is 11.9 Å². The van der Waals surface area contributed by atoms with Gasteiger partial charge in [-0.05, 0) is 100 Å². The Kier molecular flexibility index (Phi) is 11.4. The first-order valence-corrected chi connectivity index (χ1v) is 20.4. The first-order chi connectivity index (χ1) is 24.6. The molecule has 7 aliphatic rings. The molecule has 3 N–H and O–H groups in total. The molecular weight excluding hydrogens is 644 g/mol. The summed E-state index contributed by atoms with van der Waals surface area (Å²) in [6.07, 6.45) is 16.9. The number of aliphatic hydroxyl groups is 1. The monoisotopic (exact) mass is 710 g/mol. The summed E-state index contributed by atoms with van der Waals surface area (Å²) in [4.78, 5) is 31.1. The summed E-state index contributed by atoms with van der Waals surface area (Å²) >= 11 is 0. The van der Waals surface area contributed by atoms with E-state index >= 15 is 0 Å². The molecule has 286 valence electrons. The minimum absolute atomic E-state index is 0.0255. The second-order valence-electron chi connectivity index (χ2n) is 17.4. The number of carbonyl (C=O) groups is 2. The Morgan fingerprint density at radius 2 is 1.84 bits per heavy atom. The maximum Gasteiger partial charge on any atom is 0.343 e. The summed E-state index contributed by atoms with van der Waals surface area (Å²) in [5.41, 5.74) is -0.476. The van der Waals surface area contributed by atoms with Crippen molar-refractivity contribution in [2.45, 2.75) is 133 Å². The molecule has 0 spiro atoms. The van der Waals surface area contributed by atoms with E-state index in [-0.39, 0.29) is 30.0 Å². The topological polar surface area (TPSA) is 113 Å². The molecule has 0 aromatic heterocycles. The summed E-state index contributed by atoms with van der Waals surface area (Å²) in [5.74, 6) is 1.28. The Hall–Kier alpha value is -1.82. The van der Waals surface area contributed by atoms with Crippen LogP contribution in [-0.4, -0.2) is 122 Å². The number of allylic oxidation sites excluding steroid dienone is 1. The maximum absolute atomic E-state index is 13.8. The Morgan fingerprint density at radius 3 is 2.59 bits per heavy atom. The van der Waals surface area contributed by atoms with Gasteiger partial charge in [-0.3, -0.25) is 14.6 Å². The number of hydrogen-bond acceptors (Lipinski definition) is 10. The average Bonchev–Trinajstić information content (AvgIpc) is 3.73. The van der Waals surface area contributed by atoms with Gasteiger partial charge in [-0.15, -0.1) is 0 Å². The van der Waals surface area contributed by atoms with E-state index in [0.29, 0.717) is 35.8 Å². The van der Waals surface area contributed by atoms with Crippen LogP contribution in [0.1, 0.15) is 85.0 Å². The van der Waals surface area contributed by atoms with Crippen LogP contribution in [0, 0.1) is 41.4 Å². The van der Waals surface area contributed by atoms with Gasteiger partial charge in [0.05, 0.1) is 19.3 Å². The molecule has 7 rings (SSSR count). The molecule has 10 heteroatoms. The number of esters is 2. The molecule has 0 radical (unpaired) electrons. The lowest BCUT2D eigenvalue weighted by Gasteiger charge is -2.57. The zero-order valence-electron chi connectivity index (χ0n) is 32.1. The van der Waals surface area contributed by atoms with Crippen molar-refractivity contribution in [1.29, 1.82) is 0 Å². The van der Waals surface area contributed by atoms with Gasteiger partial charge >= 0.3 is 11.9 Å². The van der Waals surface area contributed by atoms with Crippen LogP contribution >= 0.6 is 0 Å². The minimum Gasteiger partial charge on any atom is -0.467 e. The van der Waals surface area contributed by atoms with Gasteiger partial charge in [0.2, 0.25) is 5.60 Å². The number of methoxy groups -OCH3 is 2. The van der Waals surface area contributed by atoms with E-state index in [9.17, 15) is 14.7 Å². The molecule has 0 aromatic carbocycles. The van der Waals surface area contributed by atoms with Crippen LogP contribution in [0.5, 0.6) is 0 Å². The quantitative estimate of drug-likeness (QED) is 0.266. The Morgan fingerprint density at radius 1 is 1.04 bits per heavy atom. The lowest BCUT2D eigenvalue weighted by atomic mass is 9.62. The van der Waals surface area contributed by atoms with Gasteiger partial charge in [-0.1, -0.05) is 50.5 Å². The summed E-state index contributed by atoms with van der Waals surface area (Å²) in [5, 5.41) is 20.9. The van der Waals surface area contributed by atoms with Gasteiger partial charge in [0.25, 0.3) is 0 Å². The highest BCUT2D eigenvalue weighted by atomic mass is 16.6. The third-order valence-electron chi connectivity index (χ3n) is 14.9. The number of fused-ring (bicyclic) bond motifs is 3. The van der Waals surface area contributed by atoms with Crippen molar-refractivity contribution in [2.75, 3.05) is 47.4 Å². The van der Waals surface area contributed by atoms with Crippen LogP contribution in [0.25, 0.3) is 0 Å². The van der Waals surface area contributed by atoms with Gasteiger partial charge in [0.1, 0.15) is 0 Å². The van der Waals surface area contributed by atoms with E-state index in [2.05, 4.69) is 59.6 Å². The van der Waals surface area contributed by atoms with Gasteiger partial charge < -0.3 is 30.0 Å². The van der Waals surface area contributed by atoms with Crippen molar-refractivity contribution in [2.24, 2.45) is 41.4 Å². The molecule has 0 aromatic rings. The van der Waals surface area contributed by atoms with Crippen LogP contribution in [0.15, 0.2) is 23.8 Å². The summed E-state index contributed by atoms with van der Waals surface area (Å²) < 4.78 is 17.8. The number of nitrogens with zero attached hydrogens (tertiary/aromatic N) is 2. The van der Waals surface area contributed by atoms with E-state index in [4.69, 9.17) is 14.2 Å². The lowest BCUT2D eigenvalue weighted by molar-refractivity contribution is -0.226. The first-order valence-electron chi connectivity index (χ1n) is 20.4. The molecule has 3 aliphatic carbocycles. The van der Waals surface area contributed by atoms with Crippen LogP contribution in [0.4, 0.5) is 0 Å². The number of nitrogens with one attached hydrogen (secondary N) is 2. The van der Waals surface area contributed by atoms with Crippen molar-refractivity contribution in [3.63, 3.8) is 0 Å². The molecule has 0 amide bonds. The predicted octanol–water partition coefficient (Wildman–Crippen LogP) is 3.93. The second kappa shape index (κ2) is 15.5.